The number of aromatic amines is 1. The van der Waals surface area contributed by atoms with Gasteiger partial charge in [0.1, 0.15) is 17.9 Å². The lowest BCUT2D eigenvalue weighted by molar-refractivity contribution is -0.142. The van der Waals surface area contributed by atoms with Crippen LogP contribution in [-0.2, 0) is 24.4 Å². The number of hydrogen-bond donors (Lipinski definition) is 5. The number of carboxylic acids is 1. The number of hydrogen-bond acceptors (Lipinski definition) is 6. The van der Waals surface area contributed by atoms with Crippen LogP contribution < -0.4 is 16.4 Å². The van der Waals surface area contributed by atoms with Crippen molar-refractivity contribution in [2.75, 3.05) is 19.6 Å². The summed E-state index contributed by atoms with van der Waals surface area (Å²) in [6.07, 6.45) is 3.58. The zero-order chi connectivity index (χ0) is 31.9. The molecular weight excluding hydrogens is 577 g/mol. The molecule has 0 radical (unpaired) electrons. The molecule has 1 aliphatic rings. The van der Waals surface area contributed by atoms with Gasteiger partial charge in [-0.15, -0.1) is 0 Å². The molecule has 232 valence electrons. The van der Waals surface area contributed by atoms with Crippen molar-refractivity contribution in [3.63, 3.8) is 0 Å². The standard InChI is InChI=1S/C30H38FN5O6S/c1-19(24-17-33-25-9-3-2-8-23(24)25)27(29(38)34-26(30(39)40)10-4-5-15-32)35-28(37)20-7-6-16-36(18-20)43(41,42)22-13-11-21(31)12-14-22/h2-3,8-9,11-14,17,19-20,26-27,33H,4-7,10,15-16,18,32H2,1H3,(H,34,38)(H,35,37)(H,39,40)/t19-,20?,26-,27-/m0/s1/i1D. The van der Waals surface area contributed by atoms with Gasteiger partial charge in [0.15, 0.2) is 0 Å². The zero-order valence-electron chi connectivity index (χ0n) is 24.7. The minimum Gasteiger partial charge on any atom is -0.480 e. The minimum atomic E-state index is -4.01. The lowest BCUT2D eigenvalue weighted by Crippen LogP contribution is -2.55. The molecule has 11 nitrogen and oxygen atoms in total. The summed E-state index contributed by atoms with van der Waals surface area (Å²) < 4.78 is 49.4. The number of carbonyl (C=O) groups is 3. The number of carbonyl (C=O) groups excluding carboxylic acids is 2. The van der Waals surface area contributed by atoms with Gasteiger partial charge in [-0.3, -0.25) is 9.59 Å². The van der Waals surface area contributed by atoms with Crippen LogP contribution in [0, 0.1) is 11.7 Å². The van der Waals surface area contributed by atoms with Crippen LogP contribution in [0.3, 0.4) is 0 Å². The van der Waals surface area contributed by atoms with E-state index in [4.69, 9.17) is 7.10 Å². The monoisotopic (exact) mass is 616 g/mol. The molecule has 1 aromatic heterocycles. The first-order valence-corrected chi connectivity index (χ1v) is 15.7. The normalized spacial score (nSPS) is 18.4. The van der Waals surface area contributed by atoms with E-state index in [9.17, 15) is 32.3 Å². The number of H-pyrrole nitrogens is 1. The number of aromatic nitrogens is 1. The highest BCUT2D eigenvalue weighted by Gasteiger charge is 2.37. The quantitative estimate of drug-likeness (QED) is 0.184. The number of piperidine rings is 1. The van der Waals surface area contributed by atoms with Gasteiger partial charge in [-0.2, -0.15) is 4.31 Å². The first-order chi connectivity index (χ1) is 21.1. The molecule has 0 aliphatic carbocycles. The van der Waals surface area contributed by atoms with E-state index in [2.05, 4.69) is 15.6 Å². The summed E-state index contributed by atoms with van der Waals surface area (Å²) in [5.74, 6) is -4.82. The number of para-hydroxylation sites is 1. The maximum atomic E-state index is 13.7. The van der Waals surface area contributed by atoms with Crippen LogP contribution in [0.15, 0.2) is 59.6 Å². The number of halogens is 1. The molecule has 3 aromatic rings. The van der Waals surface area contributed by atoms with E-state index < -0.39 is 57.5 Å². The molecule has 1 unspecified atom stereocenters. The number of amides is 2. The highest BCUT2D eigenvalue weighted by Crippen LogP contribution is 2.29. The molecule has 2 amide bonds. The Morgan fingerprint density at radius 2 is 1.91 bits per heavy atom. The highest BCUT2D eigenvalue weighted by atomic mass is 32.2. The number of nitrogens with two attached hydrogens (primary N) is 1. The second kappa shape index (κ2) is 14.1. The largest absolute Gasteiger partial charge is 0.480 e. The summed E-state index contributed by atoms with van der Waals surface area (Å²) >= 11 is 0. The lowest BCUT2D eigenvalue weighted by Gasteiger charge is -2.33. The summed E-state index contributed by atoms with van der Waals surface area (Å²) in [5.41, 5.74) is 6.91. The van der Waals surface area contributed by atoms with Crippen LogP contribution in [0.2, 0.25) is 0 Å². The van der Waals surface area contributed by atoms with Crippen LogP contribution in [0.25, 0.3) is 10.9 Å². The van der Waals surface area contributed by atoms with Gasteiger partial charge in [0.25, 0.3) is 0 Å². The van der Waals surface area contributed by atoms with E-state index in [1.165, 1.54) is 16.4 Å². The molecule has 1 saturated heterocycles. The van der Waals surface area contributed by atoms with Crippen molar-refractivity contribution in [3.8, 4) is 0 Å². The second-order valence-electron chi connectivity index (χ2n) is 10.7. The molecule has 4 rings (SSSR count). The number of sulfonamides is 1. The van der Waals surface area contributed by atoms with Crippen molar-refractivity contribution in [3.05, 3.63) is 66.1 Å². The van der Waals surface area contributed by atoms with Crippen molar-refractivity contribution in [2.45, 2.75) is 61.9 Å². The maximum absolute atomic E-state index is 13.7. The minimum absolute atomic E-state index is 0.0971. The van der Waals surface area contributed by atoms with Gasteiger partial charge in [-0.05, 0) is 74.5 Å². The Morgan fingerprint density at radius 3 is 2.60 bits per heavy atom. The third kappa shape index (κ3) is 7.59. The summed E-state index contributed by atoms with van der Waals surface area (Å²) in [5, 5.41) is 15.8. The molecule has 2 aromatic carbocycles. The molecule has 1 aliphatic heterocycles. The number of rotatable bonds is 13. The average molecular weight is 617 g/mol. The number of carboxylic acid groups (broad SMARTS) is 1. The molecule has 2 heterocycles. The SMILES string of the molecule is [2H]C[C@@H](c1c[nH]c2ccccc12)[C@H](NC(=O)C1CCCN(S(=O)(=O)c2ccc(F)cc2)C1)C(=O)N[C@@H](CCCCN)C(=O)O. The molecule has 0 bridgehead atoms. The van der Waals surface area contributed by atoms with Gasteiger partial charge in [-0.1, -0.05) is 25.1 Å². The first kappa shape index (κ1) is 30.6. The number of fused-ring (bicyclic) bond motifs is 1. The van der Waals surface area contributed by atoms with Gasteiger partial charge >= 0.3 is 5.97 Å². The maximum Gasteiger partial charge on any atom is 0.326 e. The Morgan fingerprint density at radius 1 is 1.16 bits per heavy atom. The van der Waals surface area contributed by atoms with Gasteiger partial charge in [0, 0.05) is 37.5 Å². The third-order valence-corrected chi connectivity index (χ3v) is 9.65. The van der Waals surface area contributed by atoms with E-state index in [1.807, 2.05) is 24.3 Å². The summed E-state index contributed by atoms with van der Waals surface area (Å²) in [6.45, 7) is 0.0765. The third-order valence-electron chi connectivity index (χ3n) is 7.77. The van der Waals surface area contributed by atoms with Gasteiger partial charge in [0.05, 0.1) is 10.8 Å². The Hall–Kier alpha value is -3.81. The lowest BCUT2D eigenvalue weighted by atomic mass is 9.90. The Bertz CT molecular complexity index is 1570. The van der Waals surface area contributed by atoms with Crippen molar-refractivity contribution in [1.82, 2.24) is 19.9 Å². The van der Waals surface area contributed by atoms with Crippen LogP contribution in [0.1, 0.15) is 51.9 Å². The molecule has 0 saturated carbocycles. The molecule has 43 heavy (non-hydrogen) atoms. The molecule has 4 atom stereocenters. The number of benzene rings is 2. The van der Waals surface area contributed by atoms with Gasteiger partial charge in [-0.25, -0.2) is 17.6 Å². The Kier molecular flexibility index (Phi) is 10.1. The zero-order valence-corrected chi connectivity index (χ0v) is 24.5. The van der Waals surface area contributed by atoms with E-state index in [1.54, 1.807) is 6.20 Å². The molecule has 6 N–H and O–H groups in total. The summed E-state index contributed by atoms with van der Waals surface area (Å²) in [4.78, 5) is 42.4. The first-order valence-electron chi connectivity index (χ1n) is 14.9. The molecule has 13 heteroatoms. The van der Waals surface area contributed by atoms with Gasteiger partial charge < -0.3 is 26.5 Å². The van der Waals surface area contributed by atoms with Crippen molar-refractivity contribution in [1.29, 1.82) is 0 Å². The highest BCUT2D eigenvalue weighted by molar-refractivity contribution is 7.89. The van der Waals surface area contributed by atoms with E-state index in [0.717, 1.165) is 23.0 Å². The second-order valence-corrected chi connectivity index (χ2v) is 12.7. The average Bonchev–Trinajstić information content (AvgIpc) is 3.44. The predicted molar refractivity (Wildman–Crippen MR) is 159 cm³/mol. The van der Waals surface area contributed by atoms with Crippen LogP contribution >= 0.6 is 0 Å². The van der Waals surface area contributed by atoms with E-state index >= 15 is 0 Å². The van der Waals surface area contributed by atoms with E-state index in [0.29, 0.717) is 37.8 Å². The summed E-state index contributed by atoms with van der Waals surface area (Å²) in [7, 11) is -4.01. The van der Waals surface area contributed by atoms with Crippen LogP contribution in [0.4, 0.5) is 4.39 Å². The topological polar surface area (TPSA) is 175 Å². The predicted octanol–water partition coefficient (Wildman–Crippen LogP) is 2.69. The molecule has 1 fully saturated rings. The van der Waals surface area contributed by atoms with Crippen molar-refractivity contribution < 1.29 is 33.7 Å². The summed E-state index contributed by atoms with van der Waals surface area (Å²) in [6, 6.07) is 9.20. The number of unbranched alkanes of at least 4 members (excludes halogenated alkanes) is 1. The number of nitrogens with zero attached hydrogens (tertiary/aromatic N) is 1. The smallest absolute Gasteiger partial charge is 0.326 e. The van der Waals surface area contributed by atoms with Crippen molar-refractivity contribution in [2.24, 2.45) is 11.7 Å². The fourth-order valence-corrected chi connectivity index (χ4v) is 6.87. The Balaban J connectivity index is 1.60. The van der Waals surface area contributed by atoms with Crippen LogP contribution in [0.5, 0.6) is 0 Å². The fraction of sp³-hybridized carbons (Fsp3) is 0.433. The van der Waals surface area contributed by atoms with Crippen molar-refractivity contribution >= 4 is 38.7 Å². The van der Waals surface area contributed by atoms with E-state index in [-0.39, 0.29) is 31.3 Å². The Labute approximate surface area is 251 Å². The van der Waals surface area contributed by atoms with Gasteiger partial charge in [0.2, 0.25) is 21.8 Å². The number of aliphatic carboxylic acids is 1. The van der Waals surface area contributed by atoms with Crippen LogP contribution in [-0.4, -0.2) is 72.3 Å². The molecule has 0 spiro atoms. The molecular formula is C30H38FN5O6S. The number of nitrogens with one attached hydrogen (secondary N) is 3. The fourth-order valence-electron chi connectivity index (χ4n) is 5.34.